The number of carbonyl (C=O) groups excluding carboxylic acids is 1. The molecular formula is C23H37Cl2N3O. The summed E-state index contributed by atoms with van der Waals surface area (Å²) in [4.78, 5) is 17.8. The maximum absolute atomic E-state index is 13.2. The molecule has 3 aliphatic rings. The van der Waals surface area contributed by atoms with Gasteiger partial charge in [0.1, 0.15) is 0 Å². The number of likely N-dealkylation sites (tertiary alicyclic amines) is 1. The van der Waals surface area contributed by atoms with Crippen molar-refractivity contribution in [1.82, 2.24) is 9.80 Å². The molecule has 2 bridgehead atoms. The quantitative estimate of drug-likeness (QED) is 0.764. The molecule has 0 aromatic heterocycles. The molecule has 2 aliphatic carbocycles. The topological polar surface area (TPSA) is 49.6 Å². The van der Waals surface area contributed by atoms with Gasteiger partial charge in [-0.05, 0) is 55.9 Å². The molecule has 4 nitrogen and oxygen atoms in total. The van der Waals surface area contributed by atoms with Gasteiger partial charge in [-0.15, -0.1) is 24.8 Å². The van der Waals surface area contributed by atoms with E-state index in [1.807, 2.05) is 7.05 Å². The number of halogens is 2. The zero-order valence-corrected chi connectivity index (χ0v) is 19.2. The highest BCUT2D eigenvalue weighted by atomic mass is 35.5. The number of benzene rings is 1. The van der Waals surface area contributed by atoms with Gasteiger partial charge in [0.2, 0.25) is 5.91 Å². The summed E-state index contributed by atoms with van der Waals surface area (Å²) in [7, 11) is 2.05. The maximum Gasteiger partial charge on any atom is 0.225 e. The first-order chi connectivity index (χ1) is 13.1. The van der Waals surface area contributed by atoms with Crippen molar-refractivity contribution in [3.8, 4) is 0 Å². The average Bonchev–Trinajstić information content (AvgIpc) is 2.68. The van der Waals surface area contributed by atoms with E-state index in [1.54, 1.807) is 0 Å². The fourth-order valence-electron chi connectivity index (χ4n) is 5.77. The van der Waals surface area contributed by atoms with Gasteiger partial charge in [-0.2, -0.15) is 0 Å². The molecule has 6 heteroatoms. The minimum absolute atomic E-state index is 0. The van der Waals surface area contributed by atoms with Crippen LogP contribution in [0.4, 0.5) is 0 Å². The van der Waals surface area contributed by atoms with Crippen LogP contribution in [0.5, 0.6) is 0 Å². The molecule has 2 atom stereocenters. The Labute approximate surface area is 188 Å². The summed E-state index contributed by atoms with van der Waals surface area (Å²) >= 11 is 0. The lowest BCUT2D eigenvalue weighted by molar-refractivity contribution is -0.140. The second kappa shape index (κ2) is 11.0. The van der Waals surface area contributed by atoms with Crippen LogP contribution in [0.3, 0.4) is 0 Å². The Bertz CT molecular complexity index is 622. The first-order valence-electron chi connectivity index (χ1n) is 10.9. The Hall–Kier alpha value is -0.810. The van der Waals surface area contributed by atoms with Gasteiger partial charge in [-0.1, -0.05) is 36.8 Å². The van der Waals surface area contributed by atoms with Crippen LogP contribution >= 0.6 is 24.8 Å². The maximum atomic E-state index is 13.2. The number of amides is 1. The minimum Gasteiger partial charge on any atom is -0.342 e. The summed E-state index contributed by atoms with van der Waals surface area (Å²) in [6.45, 7) is 3.19. The van der Waals surface area contributed by atoms with Gasteiger partial charge in [0.15, 0.2) is 0 Å². The standard InChI is InChI=1S/C23H35N3O.2ClH/c1-25(23(27)20-14-18-8-5-9-19(15-20)22(18)24)21-10-12-26(13-11-21)16-17-6-3-2-4-7-17;;/h2-4,6-7,18-22H,5,8-16,24H2,1H3;2*1H. The number of piperidine rings is 1. The summed E-state index contributed by atoms with van der Waals surface area (Å²) < 4.78 is 0. The van der Waals surface area contributed by atoms with Crippen molar-refractivity contribution in [3.05, 3.63) is 35.9 Å². The van der Waals surface area contributed by atoms with E-state index in [9.17, 15) is 4.79 Å². The monoisotopic (exact) mass is 441 g/mol. The van der Waals surface area contributed by atoms with Crippen LogP contribution < -0.4 is 5.73 Å². The molecule has 1 aliphatic heterocycles. The molecule has 4 rings (SSSR count). The zero-order valence-electron chi connectivity index (χ0n) is 17.5. The van der Waals surface area contributed by atoms with Crippen molar-refractivity contribution in [2.75, 3.05) is 20.1 Å². The summed E-state index contributed by atoms with van der Waals surface area (Å²) in [6.07, 6.45) is 7.98. The van der Waals surface area contributed by atoms with Gasteiger partial charge in [0, 0.05) is 44.7 Å². The third-order valence-electron chi connectivity index (χ3n) is 7.46. The van der Waals surface area contributed by atoms with Gasteiger partial charge in [0.05, 0.1) is 0 Å². The number of hydrogen-bond donors (Lipinski definition) is 1. The summed E-state index contributed by atoms with van der Waals surface area (Å²) in [6, 6.07) is 11.4. The highest BCUT2D eigenvalue weighted by Gasteiger charge is 2.42. The number of nitrogens with two attached hydrogens (primary N) is 1. The molecule has 2 N–H and O–H groups in total. The van der Waals surface area contributed by atoms with Gasteiger partial charge in [-0.3, -0.25) is 9.69 Å². The Balaban J connectivity index is 0.00000150. The molecule has 164 valence electrons. The normalized spacial score (nSPS) is 30.0. The molecule has 1 aromatic rings. The Morgan fingerprint density at radius 3 is 2.21 bits per heavy atom. The van der Waals surface area contributed by atoms with E-state index in [0.29, 0.717) is 29.8 Å². The van der Waals surface area contributed by atoms with E-state index in [-0.39, 0.29) is 30.7 Å². The van der Waals surface area contributed by atoms with Gasteiger partial charge < -0.3 is 10.6 Å². The van der Waals surface area contributed by atoms with Gasteiger partial charge in [-0.25, -0.2) is 0 Å². The smallest absolute Gasteiger partial charge is 0.225 e. The van der Waals surface area contributed by atoms with Crippen molar-refractivity contribution in [1.29, 1.82) is 0 Å². The van der Waals surface area contributed by atoms with E-state index in [1.165, 1.54) is 24.8 Å². The summed E-state index contributed by atoms with van der Waals surface area (Å²) in [5.74, 6) is 1.76. The second-order valence-electron chi connectivity index (χ2n) is 9.14. The molecule has 1 amide bonds. The average molecular weight is 442 g/mol. The second-order valence-corrected chi connectivity index (χ2v) is 9.14. The number of fused-ring (bicyclic) bond motifs is 2. The number of nitrogens with zero attached hydrogens (tertiary/aromatic N) is 2. The highest BCUT2D eigenvalue weighted by Crippen LogP contribution is 2.42. The molecule has 1 aromatic carbocycles. The lowest BCUT2D eigenvalue weighted by Crippen LogP contribution is -2.52. The molecule has 2 saturated carbocycles. The molecule has 3 fully saturated rings. The summed E-state index contributed by atoms with van der Waals surface area (Å²) in [5.41, 5.74) is 7.79. The third kappa shape index (κ3) is 5.66. The molecule has 2 unspecified atom stereocenters. The SMILES string of the molecule is CN(C(=O)C1CC2CCCC(C1)C2N)C1CCN(Cc2ccccc2)CC1.Cl.Cl. The molecule has 29 heavy (non-hydrogen) atoms. The van der Waals surface area contributed by atoms with Crippen LogP contribution in [0.2, 0.25) is 0 Å². The van der Waals surface area contributed by atoms with Crippen LogP contribution in [0.25, 0.3) is 0 Å². The van der Waals surface area contributed by atoms with Gasteiger partial charge in [0.25, 0.3) is 0 Å². The van der Waals surface area contributed by atoms with Crippen molar-refractivity contribution in [3.63, 3.8) is 0 Å². The van der Waals surface area contributed by atoms with E-state index >= 15 is 0 Å². The number of rotatable bonds is 4. The van der Waals surface area contributed by atoms with Crippen molar-refractivity contribution < 1.29 is 4.79 Å². The predicted octanol–water partition coefficient (Wildman–Crippen LogP) is 4.11. The van der Waals surface area contributed by atoms with E-state index < -0.39 is 0 Å². The fraction of sp³-hybridized carbons (Fsp3) is 0.696. The predicted molar refractivity (Wildman–Crippen MR) is 124 cm³/mol. The van der Waals surface area contributed by atoms with Crippen molar-refractivity contribution >= 4 is 30.7 Å². The molecule has 0 spiro atoms. The largest absolute Gasteiger partial charge is 0.342 e. The lowest BCUT2D eigenvalue weighted by atomic mass is 9.65. The molecule has 1 saturated heterocycles. The Morgan fingerprint density at radius 1 is 1.03 bits per heavy atom. The van der Waals surface area contributed by atoms with Crippen molar-refractivity contribution in [2.45, 2.75) is 63.6 Å². The van der Waals surface area contributed by atoms with E-state index in [4.69, 9.17) is 5.73 Å². The van der Waals surface area contributed by atoms with Crippen LogP contribution in [0.15, 0.2) is 30.3 Å². The summed E-state index contributed by atoms with van der Waals surface area (Å²) in [5, 5.41) is 0. The zero-order chi connectivity index (χ0) is 18.8. The highest BCUT2D eigenvalue weighted by molar-refractivity contribution is 5.85. The molecule has 1 heterocycles. The van der Waals surface area contributed by atoms with E-state index in [2.05, 4.69) is 40.1 Å². The van der Waals surface area contributed by atoms with Crippen LogP contribution in [-0.2, 0) is 11.3 Å². The van der Waals surface area contributed by atoms with E-state index in [0.717, 1.165) is 45.3 Å². The third-order valence-corrected chi connectivity index (χ3v) is 7.46. The minimum atomic E-state index is 0. The molecular weight excluding hydrogens is 405 g/mol. The van der Waals surface area contributed by atoms with Crippen LogP contribution in [0, 0.1) is 17.8 Å². The first-order valence-corrected chi connectivity index (χ1v) is 10.9. The first kappa shape index (κ1) is 24.5. The lowest BCUT2D eigenvalue weighted by Gasteiger charge is -2.45. The van der Waals surface area contributed by atoms with Crippen LogP contribution in [0.1, 0.15) is 50.5 Å². The number of hydrogen-bond acceptors (Lipinski definition) is 3. The van der Waals surface area contributed by atoms with Gasteiger partial charge >= 0.3 is 0 Å². The fourth-order valence-corrected chi connectivity index (χ4v) is 5.77. The Morgan fingerprint density at radius 2 is 1.62 bits per heavy atom. The molecule has 0 radical (unpaired) electrons. The number of carbonyl (C=O) groups is 1. The Kier molecular flexibility index (Phi) is 9.27. The van der Waals surface area contributed by atoms with Crippen LogP contribution in [-0.4, -0.2) is 47.9 Å². The van der Waals surface area contributed by atoms with Crippen molar-refractivity contribution in [2.24, 2.45) is 23.5 Å².